The summed E-state index contributed by atoms with van der Waals surface area (Å²) in [6.45, 7) is 0.753. The van der Waals surface area contributed by atoms with E-state index >= 15 is 0 Å². The maximum absolute atomic E-state index is 12.7. The molecular weight excluding hydrogens is 318 g/mol. The molecule has 1 heterocycles. The van der Waals surface area contributed by atoms with Gasteiger partial charge in [0.25, 0.3) is 0 Å². The van der Waals surface area contributed by atoms with Crippen molar-refractivity contribution in [3.63, 3.8) is 0 Å². The molecule has 1 saturated heterocycles. The average Bonchev–Trinajstić information content (AvgIpc) is 3.12. The van der Waals surface area contributed by atoms with Gasteiger partial charge in [0.2, 0.25) is 5.91 Å². The number of carbonyl (C=O) groups is 2. The predicted molar refractivity (Wildman–Crippen MR) is 93.8 cm³/mol. The number of hydrogen-bond acceptors (Lipinski definition) is 3. The normalized spacial score (nSPS) is 16.7. The number of benzene rings is 2. The molecule has 1 N–H and O–H groups in total. The van der Waals surface area contributed by atoms with Gasteiger partial charge in [0, 0.05) is 6.54 Å². The maximum Gasteiger partial charge on any atom is 0.335 e. The van der Waals surface area contributed by atoms with Crippen LogP contribution in [-0.2, 0) is 11.2 Å². The molecule has 3 rings (SSSR count). The van der Waals surface area contributed by atoms with E-state index in [1.807, 2.05) is 29.2 Å². The molecule has 130 valence electrons. The summed E-state index contributed by atoms with van der Waals surface area (Å²) in [6.07, 6.45) is 2.23. The van der Waals surface area contributed by atoms with E-state index in [-0.39, 0.29) is 23.9 Å². The molecular formula is C20H21NO4. The van der Waals surface area contributed by atoms with Gasteiger partial charge in [-0.3, -0.25) is 4.79 Å². The van der Waals surface area contributed by atoms with Gasteiger partial charge in [0.1, 0.15) is 5.75 Å². The first-order valence-corrected chi connectivity index (χ1v) is 8.34. The van der Waals surface area contributed by atoms with Gasteiger partial charge in [-0.05, 0) is 48.2 Å². The minimum Gasteiger partial charge on any atom is -0.497 e. The van der Waals surface area contributed by atoms with E-state index < -0.39 is 5.97 Å². The van der Waals surface area contributed by atoms with Crippen molar-refractivity contribution >= 4 is 11.9 Å². The van der Waals surface area contributed by atoms with Crippen LogP contribution in [0.5, 0.6) is 5.75 Å². The van der Waals surface area contributed by atoms with Crippen LogP contribution in [-0.4, -0.2) is 35.5 Å². The van der Waals surface area contributed by atoms with Crippen LogP contribution in [0.25, 0.3) is 0 Å². The van der Waals surface area contributed by atoms with Crippen LogP contribution >= 0.6 is 0 Å². The molecule has 2 aromatic carbocycles. The first-order chi connectivity index (χ1) is 12.1. The number of methoxy groups -OCH3 is 1. The first kappa shape index (κ1) is 17.0. The van der Waals surface area contributed by atoms with Crippen LogP contribution < -0.4 is 4.74 Å². The summed E-state index contributed by atoms with van der Waals surface area (Å²) >= 11 is 0. The van der Waals surface area contributed by atoms with Gasteiger partial charge in [-0.2, -0.15) is 0 Å². The Morgan fingerprint density at radius 2 is 1.80 bits per heavy atom. The average molecular weight is 339 g/mol. The van der Waals surface area contributed by atoms with E-state index in [2.05, 4.69) is 0 Å². The number of hydrogen-bond donors (Lipinski definition) is 1. The highest BCUT2D eigenvalue weighted by Gasteiger charge is 2.29. The van der Waals surface area contributed by atoms with Crippen molar-refractivity contribution in [3.05, 3.63) is 65.2 Å². The highest BCUT2D eigenvalue weighted by molar-refractivity contribution is 5.87. The molecule has 2 aromatic rings. The first-order valence-electron chi connectivity index (χ1n) is 8.34. The summed E-state index contributed by atoms with van der Waals surface area (Å²) in [5.74, 6) is -0.0866. The minimum absolute atomic E-state index is 0.0707. The number of nitrogens with zero attached hydrogens (tertiary/aromatic N) is 1. The number of amides is 1. The molecule has 1 amide bonds. The summed E-state index contributed by atoms with van der Waals surface area (Å²) in [5.41, 5.74) is 2.18. The predicted octanol–water partition coefficient (Wildman–Crippen LogP) is 3.30. The zero-order valence-corrected chi connectivity index (χ0v) is 14.1. The van der Waals surface area contributed by atoms with E-state index in [0.29, 0.717) is 0 Å². The summed E-state index contributed by atoms with van der Waals surface area (Å²) in [7, 11) is 1.63. The third-order valence-corrected chi connectivity index (χ3v) is 4.63. The summed E-state index contributed by atoms with van der Waals surface area (Å²) < 4.78 is 5.19. The highest BCUT2D eigenvalue weighted by atomic mass is 16.5. The van der Waals surface area contributed by atoms with Crippen molar-refractivity contribution in [1.29, 1.82) is 0 Å². The van der Waals surface area contributed by atoms with Crippen LogP contribution in [0.1, 0.15) is 40.4 Å². The van der Waals surface area contributed by atoms with Crippen LogP contribution in [0.2, 0.25) is 0 Å². The molecule has 0 saturated carbocycles. The lowest BCUT2D eigenvalue weighted by Crippen LogP contribution is -2.31. The van der Waals surface area contributed by atoms with Crippen molar-refractivity contribution in [2.24, 2.45) is 0 Å². The van der Waals surface area contributed by atoms with Crippen molar-refractivity contribution in [1.82, 2.24) is 4.90 Å². The van der Waals surface area contributed by atoms with Crippen molar-refractivity contribution < 1.29 is 19.4 Å². The van der Waals surface area contributed by atoms with Crippen molar-refractivity contribution in [3.8, 4) is 5.75 Å². The quantitative estimate of drug-likeness (QED) is 0.908. The molecule has 1 atom stereocenters. The third-order valence-electron chi connectivity index (χ3n) is 4.63. The fraction of sp³-hybridized carbons (Fsp3) is 0.300. The zero-order valence-electron chi connectivity index (χ0n) is 14.1. The van der Waals surface area contributed by atoms with Crippen LogP contribution in [0.4, 0.5) is 0 Å². The summed E-state index contributed by atoms with van der Waals surface area (Å²) in [4.78, 5) is 25.6. The highest BCUT2D eigenvalue weighted by Crippen LogP contribution is 2.33. The largest absolute Gasteiger partial charge is 0.497 e. The van der Waals surface area contributed by atoms with E-state index in [1.54, 1.807) is 19.2 Å². The van der Waals surface area contributed by atoms with Gasteiger partial charge in [0.05, 0.1) is 25.1 Å². The molecule has 5 nitrogen and oxygen atoms in total. The van der Waals surface area contributed by atoms with Gasteiger partial charge in [0.15, 0.2) is 0 Å². The molecule has 0 spiro atoms. The number of rotatable bonds is 5. The SMILES string of the molecule is COc1ccc(C2CCCN2C(=O)Cc2ccc(C(=O)O)cc2)cc1. The third kappa shape index (κ3) is 3.82. The van der Waals surface area contributed by atoms with E-state index in [0.717, 1.165) is 36.3 Å². The zero-order chi connectivity index (χ0) is 17.8. The minimum atomic E-state index is -0.961. The Kier molecular flexibility index (Phi) is 5.03. The number of ether oxygens (including phenoxy) is 1. The molecule has 1 unspecified atom stereocenters. The Labute approximate surface area is 146 Å². The second-order valence-corrected chi connectivity index (χ2v) is 6.20. The Morgan fingerprint density at radius 1 is 1.12 bits per heavy atom. The van der Waals surface area contributed by atoms with Crippen LogP contribution in [0, 0.1) is 0 Å². The molecule has 0 aliphatic carbocycles. The molecule has 0 radical (unpaired) electrons. The van der Waals surface area contributed by atoms with Gasteiger partial charge in [-0.1, -0.05) is 24.3 Å². The molecule has 5 heteroatoms. The van der Waals surface area contributed by atoms with Crippen molar-refractivity contribution in [2.45, 2.75) is 25.3 Å². The van der Waals surface area contributed by atoms with Crippen LogP contribution in [0.15, 0.2) is 48.5 Å². The van der Waals surface area contributed by atoms with Gasteiger partial charge < -0.3 is 14.7 Å². The lowest BCUT2D eigenvalue weighted by Gasteiger charge is -2.25. The molecule has 1 aliphatic heterocycles. The monoisotopic (exact) mass is 339 g/mol. The molecule has 0 aromatic heterocycles. The van der Waals surface area contributed by atoms with E-state index in [4.69, 9.17) is 9.84 Å². The fourth-order valence-electron chi connectivity index (χ4n) is 3.28. The van der Waals surface area contributed by atoms with Gasteiger partial charge in [-0.15, -0.1) is 0 Å². The molecule has 1 fully saturated rings. The van der Waals surface area contributed by atoms with E-state index in [9.17, 15) is 9.59 Å². The second kappa shape index (κ2) is 7.38. The number of aromatic carboxylic acids is 1. The van der Waals surface area contributed by atoms with Crippen LogP contribution in [0.3, 0.4) is 0 Å². The Balaban J connectivity index is 1.70. The Bertz CT molecular complexity index is 752. The number of carboxylic acid groups (broad SMARTS) is 1. The molecule has 25 heavy (non-hydrogen) atoms. The fourth-order valence-corrected chi connectivity index (χ4v) is 3.28. The number of carboxylic acids is 1. The number of carbonyl (C=O) groups excluding carboxylic acids is 1. The molecule has 0 bridgehead atoms. The lowest BCUT2D eigenvalue weighted by molar-refractivity contribution is -0.131. The van der Waals surface area contributed by atoms with Gasteiger partial charge in [-0.25, -0.2) is 4.79 Å². The van der Waals surface area contributed by atoms with Crippen molar-refractivity contribution in [2.75, 3.05) is 13.7 Å². The summed E-state index contributed by atoms with van der Waals surface area (Å²) in [5, 5.41) is 8.94. The molecule has 1 aliphatic rings. The smallest absolute Gasteiger partial charge is 0.335 e. The summed E-state index contributed by atoms with van der Waals surface area (Å²) in [6, 6.07) is 14.4. The van der Waals surface area contributed by atoms with Gasteiger partial charge >= 0.3 is 5.97 Å². The standard InChI is InChI=1S/C20H21NO4/c1-25-17-10-8-15(9-11-17)18-3-2-12-21(18)19(22)13-14-4-6-16(7-5-14)20(23)24/h4-11,18H,2-3,12-13H2,1H3,(H,23,24). The lowest BCUT2D eigenvalue weighted by atomic mass is 10.0. The topological polar surface area (TPSA) is 66.8 Å². The Hall–Kier alpha value is -2.82. The second-order valence-electron chi connectivity index (χ2n) is 6.20. The maximum atomic E-state index is 12.7. The number of likely N-dealkylation sites (tertiary alicyclic amines) is 1. The Morgan fingerprint density at radius 3 is 2.40 bits per heavy atom. The van der Waals surface area contributed by atoms with E-state index in [1.165, 1.54) is 12.1 Å².